The summed E-state index contributed by atoms with van der Waals surface area (Å²) >= 11 is 1.71. The molecule has 0 radical (unpaired) electrons. The molecule has 0 N–H and O–H groups in total. The van der Waals surface area contributed by atoms with Crippen LogP contribution in [-0.2, 0) is 13.0 Å². The molecule has 0 bridgehead atoms. The lowest BCUT2D eigenvalue weighted by Crippen LogP contribution is -2.06. The summed E-state index contributed by atoms with van der Waals surface area (Å²) in [6.45, 7) is 3.16. The first kappa shape index (κ1) is 12.4. The molecular formula is C12H18N4S. The van der Waals surface area contributed by atoms with Crippen LogP contribution in [0.2, 0.25) is 0 Å². The van der Waals surface area contributed by atoms with Gasteiger partial charge in [-0.3, -0.25) is 0 Å². The van der Waals surface area contributed by atoms with Gasteiger partial charge in [-0.15, -0.1) is 10.2 Å². The Kier molecular flexibility index (Phi) is 4.43. The number of nitriles is 1. The van der Waals surface area contributed by atoms with Crippen molar-refractivity contribution in [1.82, 2.24) is 14.8 Å². The van der Waals surface area contributed by atoms with Crippen LogP contribution in [0.4, 0.5) is 0 Å². The second kappa shape index (κ2) is 6.06. The fourth-order valence-electron chi connectivity index (χ4n) is 2.07. The van der Waals surface area contributed by atoms with Gasteiger partial charge in [0.1, 0.15) is 5.82 Å². The molecule has 1 unspecified atom stereocenters. The third kappa shape index (κ3) is 3.01. The van der Waals surface area contributed by atoms with E-state index in [1.54, 1.807) is 11.8 Å². The van der Waals surface area contributed by atoms with Crippen molar-refractivity contribution in [3.8, 4) is 6.07 Å². The van der Waals surface area contributed by atoms with Gasteiger partial charge in [0.15, 0.2) is 5.16 Å². The fourth-order valence-corrected chi connectivity index (χ4v) is 3.10. The van der Waals surface area contributed by atoms with Crippen LogP contribution in [0.5, 0.6) is 0 Å². The Morgan fingerprint density at radius 1 is 1.41 bits per heavy atom. The first-order valence-electron chi connectivity index (χ1n) is 6.30. The molecule has 1 aromatic heterocycles. The molecule has 0 amide bonds. The average Bonchev–Trinajstić information content (AvgIpc) is 2.58. The number of hydrogen-bond acceptors (Lipinski definition) is 4. The third-order valence-corrected chi connectivity index (χ3v) is 4.47. The molecule has 0 fully saturated rings. The molecule has 0 saturated heterocycles. The second-order valence-corrected chi connectivity index (χ2v) is 5.64. The van der Waals surface area contributed by atoms with E-state index < -0.39 is 0 Å². The van der Waals surface area contributed by atoms with E-state index in [-0.39, 0.29) is 0 Å². The Morgan fingerprint density at radius 3 is 3.06 bits per heavy atom. The van der Waals surface area contributed by atoms with Crippen LogP contribution in [0.15, 0.2) is 5.16 Å². The summed E-state index contributed by atoms with van der Waals surface area (Å²) in [5.41, 5.74) is 0. The maximum Gasteiger partial charge on any atom is 0.191 e. The molecule has 1 aromatic rings. The van der Waals surface area contributed by atoms with Crippen molar-refractivity contribution in [2.75, 3.05) is 0 Å². The van der Waals surface area contributed by atoms with Crippen molar-refractivity contribution in [3.05, 3.63) is 5.82 Å². The molecule has 1 aliphatic heterocycles. The highest BCUT2D eigenvalue weighted by molar-refractivity contribution is 7.99. The summed E-state index contributed by atoms with van der Waals surface area (Å²) < 4.78 is 2.25. The Bertz CT molecular complexity index is 407. The number of rotatable bonds is 4. The molecular weight excluding hydrogens is 232 g/mol. The van der Waals surface area contributed by atoms with Crippen LogP contribution >= 0.6 is 11.8 Å². The van der Waals surface area contributed by atoms with Crippen molar-refractivity contribution in [1.29, 1.82) is 5.26 Å². The lowest BCUT2D eigenvalue weighted by atomic mass is 10.2. The highest BCUT2D eigenvalue weighted by Crippen LogP contribution is 2.28. The van der Waals surface area contributed by atoms with Crippen molar-refractivity contribution >= 4 is 11.8 Å². The smallest absolute Gasteiger partial charge is 0.191 e. The maximum absolute atomic E-state index is 8.77. The molecule has 2 heterocycles. The lowest BCUT2D eigenvalue weighted by molar-refractivity contribution is 0.589. The molecule has 0 saturated carbocycles. The zero-order chi connectivity index (χ0) is 12.1. The summed E-state index contributed by atoms with van der Waals surface area (Å²) in [6.07, 6.45) is 6.35. The van der Waals surface area contributed by atoms with Crippen LogP contribution in [0, 0.1) is 11.3 Å². The first-order chi connectivity index (χ1) is 8.35. The van der Waals surface area contributed by atoms with Gasteiger partial charge in [-0.05, 0) is 19.3 Å². The van der Waals surface area contributed by atoms with Crippen molar-refractivity contribution in [3.63, 3.8) is 0 Å². The van der Waals surface area contributed by atoms with E-state index in [1.807, 2.05) is 0 Å². The second-order valence-electron chi connectivity index (χ2n) is 4.37. The van der Waals surface area contributed by atoms with E-state index in [1.165, 1.54) is 19.3 Å². The third-order valence-electron chi connectivity index (χ3n) is 3.12. The number of hydrogen-bond donors (Lipinski definition) is 0. The monoisotopic (exact) mass is 250 g/mol. The van der Waals surface area contributed by atoms with Gasteiger partial charge in [-0.2, -0.15) is 5.26 Å². The van der Waals surface area contributed by atoms with Crippen LogP contribution in [0.25, 0.3) is 0 Å². The van der Waals surface area contributed by atoms with Crippen LogP contribution in [-0.4, -0.2) is 20.0 Å². The first-order valence-corrected chi connectivity index (χ1v) is 7.18. The van der Waals surface area contributed by atoms with Crippen molar-refractivity contribution in [2.24, 2.45) is 0 Å². The highest BCUT2D eigenvalue weighted by atomic mass is 32.2. The van der Waals surface area contributed by atoms with E-state index in [9.17, 15) is 0 Å². The maximum atomic E-state index is 8.77. The van der Waals surface area contributed by atoms with E-state index in [0.717, 1.165) is 30.4 Å². The molecule has 92 valence electrons. The Balaban J connectivity index is 2.11. The molecule has 2 rings (SSSR count). The van der Waals surface area contributed by atoms with E-state index in [0.29, 0.717) is 11.7 Å². The number of nitrogens with zero attached hydrogens (tertiary/aromatic N) is 4. The standard InChI is InChI=1S/C12H18N4S/c1-2-10(7-8-13)17-12-15-14-11-6-4-3-5-9-16(11)12/h10H,2-7,9H2,1H3. The van der Waals surface area contributed by atoms with Crippen LogP contribution in [0.3, 0.4) is 0 Å². The van der Waals surface area contributed by atoms with Crippen LogP contribution in [0.1, 0.15) is 44.9 Å². The molecule has 1 aliphatic rings. The summed E-state index contributed by atoms with van der Waals surface area (Å²) in [5.74, 6) is 1.12. The largest absolute Gasteiger partial charge is 0.306 e. The highest BCUT2D eigenvalue weighted by Gasteiger charge is 2.18. The topological polar surface area (TPSA) is 54.5 Å². The van der Waals surface area contributed by atoms with Gasteiger partial charge >= 0.3 is 0 Å². The Labute approximate surface area is 106 Å². The molecule has 4 nitrogen and oxygen atoms in total. The van der Waals surface area contributed by atoms with Gasteiger partial charge in [0, 0.05) is 24.6 Å². The summed E-state index contributed by atoms with van der Waals surface area (Å²) in [5, 5.41) is 18.7. The molecule has 1 atom stereocenters. The van der Waals surface area contributed by atoms with Gasteiger partial charge in [0.25, 0.3) is 0 Å². The van der Waals surface area contributed by atoms with E-state index >= 15 is 0 Å². The fraction of sp³-hybridized carbons (Fsp3) is 0.750. The van der Waals surface area contributed by atoms with Crippen molar-refractivity contribution < 1.29 is 0 Å². The quantitative estimate of drug-likeness (QED) is 0.771. The minimum absolute atomic E-state index is 0.344. The Hall–Kier alpha value is -1.02. The number of fused-ring (bicyclic) bond motifs is 1. The average molecular weight is 250 g/mol. The predicted molar refractivity (Wildman–Crippen MR) is 67.7 cm³/mol. The SMILES string of the molecule is CCC(CC#N)Sc1nnc2n1CCCCC2. The van der Waals surface area contributed by atoms with Gasteiger partial charge in [-0.1, -0.05) is 25.1 Å². The number of thioether (sulfide) groups is 1. The van der Waals surface area contributed by atoms with E-state index in [4.69, 9.17) is 5.26 Å². The molecule has 0 aliphatic carbocycles. The molecule has 0 aromatic carbocycles. The van der Waals surface area contributed by atoms with Gasteiger partial charge in [0.05, 0.1) is 6.07 Å². The molecule has 0 spiro atoms. The number of aromatic nitrogens is 3. The minimum Gasteiger partial charge on any atom is -0.306 e. The zero-order valence-corrected chi connectivity index (χ0v) is 11.0. The normalized spacial score (nSPS) is 16.9. The predicted octanol–water partition coefficient (Wildman–Crippen LogP) is 2.79. The van der Waals surface area contributed by atoms with Crippen LogP contribution < -0.4 is 0 Å². The Morgan fingerprint density at radius 2 is 2.29 bits per heavy atom. The van der Waals surface area contributed by atoms with Gasteiger partial charge < -0.3 is 4.57 Å². The summed E-state index contributed by atoms with van der Waals surface area (Å²) in [4.78, 5) is 0. The lowest BCUT2D eigenvalue weighted by Gasteiger charge is -2.11. The number of aryl methyl sites for hydroxylation is 1. The molecule has 5 heteroatoms. The summed E-state index contributed by atoms with van der Waals surface area (Å²) in [7, 11) is 0. The van der Waals surface area contributed by atoms with Gasteiger partial charge in [-0.25, -0.2) is 0 Å². The van der Waals surface area contributed by atoms with E-state index in [2.05, 4.69) is 27.8 Å². The minimum atomic E-state index is 0.344. The summed E-state index contributed by atoms with van der Waals surface area (Å²) in [6, 6.07) is 2.25. The molecule has 17 heavy (non-hydrogen) atoms. The van der Waals surface area contributed by atoms with Gasteiger partial charge in [0.2, 0.25) is 0 Å². The van der Waals surface area contributed by atoms with Crippen molar-refractivity contribution in [2.45, 2.75) is 62.4 Å². The zero-order valence-electron chi connectivity index (χ0n) is 10.2.